The predicted molar refractivity (Wildman–Crippen MR) is 87.8 cm³/mol. The van der Waals surface area contributed by atoms with E-state index in [1.807, 2.05) is 0 Å². The number of halogens is 3. The molecule has 0 aliphatic rings. The predicted octanol–water partition coefficient (Wildman–Crippen LogP) is 4.15. The lowest BCUT2D eigenvalue weighted by Crippen LogP contribution is -2.11. The van der Waals surface area contributed by atoms with Gasteiger partial charge in [-0.15, -0.1) is 13.2 Å². The molecule has 128 valence electrons. The Morgan fingerprint density at radius 3 is 2.56 bits per heavy atom. The lowest BCUT2D eigenvalue weighted by molar-refractivity contribution is -0.305. The van der Waals surface area contributed by atoms with E-state index in [0.717, 1.165) is 5.56 Å². The average Bonchev–Trinajstić information content (AvgIpc) is 3.02. The van der Waals surface area contributed by atoms with Gasteiger partial charge in [-0.3, -0.25) is 4.98 Å². The van der Waals surface area contributed by atoms with Crippen LogP contribution < -0.4 is 0 Å². The standard InChI is InChI=1S/C18H14F3N3O/c1-3-17(7-4-14(2)25-18(19,20)21)24-13-10-16(23-24)6-5-15-8-11-22-12-9-15/h3-4,7-13H,1H2,2H3/b14-4+,17-7+. The van der Waals surface area contributed by atoms with Crippen molar-refractivity contribution in [1.29, 1.82) is 0 Å². The third kappa shape index (κ3) is 6.03. The topological polar surface area (TPSA) is 39.9 Å². The fraction of sp³-hybridized carbons (Fsp3) is 0.111. The number of nitrogens with zero attached hydrogens (tertiary/aromatic N) is 3. The van der Waals surface area contributed by atoms with E-state index >= 15 is 0 Å². The number of ether oxygens (including phenoxy) is 1. The molecule has 0 radical (unpaired) electrons. The highest BCUT2D eigenvalue weighted by Crippen LogP contribution is 2.20. The van der Waals surface area contributed by atoms with Gasteiger partial charge < -0.3 is 4.74 Å². The van der Waals surface area contributed by atoms with Crippen LogP contribution in [0.2, 0.25) is 0 Å². The van der Waals surface area contributed by atoms with Crippen molar-refractivity contribution < 1.29 is 17.9 Å². The molecule has 2 aromatic heterocycles. The van der Waals surface area contributed by atoms with Gasteiger partial charge in [-0.25, -0.2) is 4.68 Å². The van der Waals surface area contributed by atoms with E-state index < -0.39 is 6.36 Å². The molecule has 2 rings (SSSR count). The number of allylic oxidation sites excluding steroid dienone is 5. The van der Waals surface area contributed by atoms with Gasteiger partial charge in [0.15, 0.2) is 0 Å². The summed E-state index contributed by atoms with van der Waals surface area (Å²) in [5, 5.41) is 4.24. The Balaban J connectivity index is 2.16. The molecule has 0 aromatic carbocycles. The van der Waals surface area contributed by atoms with E-state index in [9.17, 15) is 13.2 Å². The van der Waals surface area contributed by atoms with Gasteiger partial charge in [-0.1, -0.05) is 12.5 Å². The van der Waals surface area contributed by atoms with Gasteiger partial charge in [0.1, 0.15) is 11.5 Å². The number of hydrogen-bond acceptors (Lipinski definition) is 3. The second-order valence-corrected chi connectivity index (χ2v) is 4.75. The summed E-state index contributed by atoms with van der Waals surface area (Å²) in [4.78, 5) is 3.90. The van der Waals surface area contributed by atoms with Crippen LogP contribution in [-0.2, 0) is 4.74 Å². The van der Waals surface area contributed by atoms with Crippen molar-refractivity contribution in [1.82, 2.24) is 14.8 Å². The quantitative estimate of drug-likeness (QED) is 0.475. The second-order valence-electron chi connectivity index (χ2n) is 4.75. The minimum absolute atomic E-state index is 0.295. The van der Waals surface area contributed by atoms with Gasteiger partial charge in [0.2, 0.25) is 0 Å². The normalized spacial score (nSPS) is 12.3. The molecule has 25 heavy (non-hydrogen) atoms. The molecule has 0 unspecified atom stereocenters. The smallest absolute Gasteiger partial charge is 0.411 e. The van der Waals surface area contributed by atoms with Gasteiger partial charge in [0, 0.05) is 24.2 Å². The number of pyridine rings is 1. The lowest BCUT2D eigenvalue weighted by atomic mass is 10.2. The van der Waals surface area contributed by atoms with Crippen LogP contribution in [0.3, 0.4) is 0 Å². The molecule has 0 saturated carbocycles. The third-order valence-corrected chi connectivity index (χ3v) is 2.84. The SMILES string of the molecule is C=C/C(=C\C=C(/C)OC(F)(F)F)n1ccc(C#Cc2ccncc2)n1. The van der Waals surface area contributed by atoms with E-state index in [2.05, 4.69) is 33.2 Å². The molecule has 0 amide bonds. The molecular weight excluding hydrogens is 331 g/mol. The second kappa shape index (κ2) is 8.02. The highest BCUT2D eigenvalue weighted by molar-refractivity contribution is 5.57. The van der Waals surface area contributed by atoms with Crippen LogP contribution in [0.25, 0.3) is 5.70 Å². The van der Waals surface area contributed by atoms with Crippen molar-refractivity contribution in [3.63, 3.8) is 0 Å². The van der Waals surface area contributed by atoms with Gasteiger partial charge in [0.05, 0.1) is 5.70 Å². The van der Waals surface area contributed by atoms with E-state index in [4.69, 9.17) is 0 Å². The molecule has 2 aromatic rings. The first-order valence-electron chi connectivity index (χ1n) is 7.12. The van der Waals surface area contributed by atoms with Crippen LogP contribution in [0.5, 0.6) is 0 Å². The first-order valence-corrected chi connectivity index (χ1v) is 7.12. The molecule has 0 fully saturated rings. The summed E-state index contributed by atoms with van der Waals surface area (Å²) < 4.78 is 41.6. The van der Waals surface area contributed by atoms with E-state index in [1.54, 1.807) is 36.8 Å². The van der Waals surface area contributed by atoms with Crippen LogP contribution in [0.4, 0.5) is 13.2 Å². The van der Waals surface area contributed by atoms with E-state index in [-0.39, 0.29) is 5.76 Å². The van der Waals surface area contributed by atoms with Crippen LogP contribution >= 0.6 is 0 Å². The van der Waals surface area contributed by atoms with Crippen molar-refractivity contribution in [3.8, 4) is 11.8 Å². The Bertz CT molecular complexity index is 853. The van der Waals surface area contributed by atoms with Crippen molar-refractivity contribution >= 4 is 5.70 Å². The zero-order chi connectivity index (χ0) is 18.3. The molecule has 0 saturated heterocycles. The maximum Gasteiger partial charge on any atom is 0.572 e. The van der Waals surface area contributed by atoms with Crippen LogP contribution in [0.1, 0.15) is 18.2 Å². The molecular formula is C18H14F3N3O. The number of alkyl halides is 3. The fourth-order valence-electron chi connectivity index (χ4n) is 1.76. The number of aromatic nitrogens is 3. The van der Waals surface area contributed by atoms with Crippen LogP contribution in [0.15, 0.2) is 67.4 Å². The Kier molecular flexibility index (Phi) is 5.79. The third-order valence-electron chi connectivity index (χ3n) is 2.84. The molecule has 0 atom stereocenters. The molecule has 0 spiro atoms. The highest BCUT2D eigenvalue weighted by atomic mass is 19.4. The maximum atomic E-state index is 12.1. The first-order chi connectivity index (χ1) is 11.9. The van der Waals surface area contributed by atoms with Gasteiger partial charge in [-0.05, 0) is 49.3 Å². The molecule has 0 aliphatic heterocycles. The van der Waals surface area contributed by atoms with Crippen LogP contribution in [0, 0.1) is 11.8 Å². The summed E-state index contributed by atoms with van der Waals surface area (Å²) in [5.74, 6) is 5.54. The Hall–Kier alpha value is -3.27. The summed E-state index contributed by atoms with van der Waals surface area (Å²) in [6, 6.07) is 5.23. The van der Waals surface area contributed by atoms with Crippen LogP contribution in [-0.4, -0.2) is 21.1 Å². The highest BCUT2D eigenvalue weighted by Gasteiger charge is 2.30. The Labute approximate surface area is 143 Å². The minimum Gasteiger partial charge on any atom is -0.411 e. The molecule has 7 heteroatoms. The van der Waals surface area contributed by atoms with Crippen molar-refractivity contribution in [2.75, 3.05) is 0 Å². The van der Waals surface area contributed by atoms with Gasteiger partial charge in [-0.2, -0.15) is 5.10 Å². The van der Waals surface area contributed by atoms with Crippen molar-refractivity contribution in [2.45, 2.75) is 13.3 Å². The van der Waals surface area contributed by atoms with E-state index in [1.165, 1.54) is 29.8 Å². The molecule has 0 aliphatic carbocycles. The molecule has 0 N–H and O–H groups in total. The van der Waals surface area contributed by atoms with Crippen molar-refractivity contribution in [2.24, 2.45) is 0 Å². The summed E-state index contributed by atoms with van der Waals surface area (Å²) in [6.07, 6.45) is 4.26. The lowest BCUT2D eigenvalue weighted by Gasteiger charge is -2.08. The first kappa shape index (κ1) is 18.1. The average molecular weight is 345 g/mol. The van der Waals surface area contributed by atoms with Gasteiger partial charge >= 0.3 is 6.36 Å². The number of hydrogen-bond donors (Lipinski definition) is 0. The van der Waals surface area contributed by atoms with Gasteiger partial charge in [0.25, 0.3) is 0 Å². The minimum atomic E-state index is -4.72. The monoisotopic (exact) mass is 345 g/mol. The summed E-state index contributed by atoms with van der Waals surface area (Å²) >= 11 is 0. The Morgan fingerprint density at radius 1 is 1.20 bits per heavy atom. The summed E-state index contributed by atoms with van der Waals surface area (Å²) in [5.41, 5.74) is 1.78. The van der Waals surface area contributed by atoms with E-state index in [0.29, 0.717) is 11.4 Å². The zero-order valence-corrected chi connectivity index (χ0v) is 13.3. The Morgan fingerprint density at radius 2 is 1.92 bits per heavy atom. The summed E-state index contributed by atoms with van der Waals surface area (Å²) in [7, 11) is 0. The summed E-state index contributed by atoms with van der Waals surface area (Å²) in [6.45, 7) is 4.84. The molecule has 0 bridgehead atoms. The van der Waals surface area contributed by atoms with Crippen molar-refractivity contribution in [3.05, 3.63) is 78.6 Å². The maximum absolute atomic E-state index is 12.1. The largest absolute Gasteiger partial charge is 0.572 e. The fourth-order valence-corrected chi connectivity index (χ4v) is 1.76. The molecule has 2 heterocycles. The number of rotatable bonds is 4. The zero-order valence-electron chi connectivity index (χ0n) is 13.3. The molecule has 4 nitrogen and oxygen atoms in total.